The molecule has 1 heterocycles. The molecule has 124 valence electrons. The van der Waals surface area contributed by atoms with Gasteiger partial charge < -0.3 is 15.0 Å². The van der Waals surface area contributed by atoms with E-state index in [1.165, 1.54) is 5.56 Å². The fraction of sp³-hybridized carbons (Fsp3) is 0.263. The Balaban J connectivity index is 1.83. The lowest BCUT2D eigenvalue weighted by Crippen LogP contribution is -2.27. The van der Waals surface area contributed by atoms with E-state index >= 15 is 0 Å². The zero-order valence-corrected chi connectivity index (χ0v) is 14.2. The minimum Gasteiger partial charge on any atom is -0.497 e. The van der Waals surface area contributed by atoms with E-state index in [2.05, 4.69) is 46.4 Å². The Morgan fingerprint density at radius 1 is 1.08 bits per heavy atom. The van der Waals surface area contributed by atoms with Crippen molar-refractivity contribution in [1.82, 2.24) is 14.9 Å². The molecule has 0 amide bonds. The summed E-state index contributed by atoms with van der Waals surface area (Å²) in [4.78, 5) is 10.9. The molecule has 5 heteroatoms. The number of anilines is 1. The van der Waals surface area contributed by atoms with Gasteiger partial charge in [0.1, 0.15) is 17.9 Å². The first-order valence-electron chi connectivity index (χ1n) is 7.93. The number of hydrogen-bond donors (Lipinski definition) is 1. The van der Waals surface area contributed by atoms with E-state index in [9.17, 15) is 0 Å². The van der Waals surface area contributed by atoms with Crippen molar-refractivity contribution in [3.8, 4) is 5.75 Å². The Morgan fingerprint density at radius 3 is 2.71 bits per heavy atom. The van der Waals surface area contributed by atoms with E-state index in [4.69, 9.17) is 4.74 Å². The predicted molar refractivity (Wildman–Crippen MR) is 97.4 cm³/mol. The number of fused-ring (bicyclic) bond motifs is 1. The van der Waals surface area contributed by atoms with Crippen LogP contribution in [0.3, 0.4) is 0 Å². The molecule has 3 rings (SSSR count). The van der Waals surface area contributed by atoms with Crippen LogP contribution in [0.5, 0.6) is 5.75 Å². The number of aromatic nitrogens is 2. The van der Waals surface area contributed by atoms with Gasteiger partial charge in [-0.25, -0.2) is 9.97 Å². The van der Waals surface area contributed by atoms with E-state index in [1.807, 2.05) is 36.4 Å². The highest BCUT2D eigenvalue weighted by Crippen LogP contribution is 2.24. The van der Waals surface area contributed by atoms with Crippen LogP contribution in [0.4, 0.5) is 5.82 Å². The molecule has 0 unspecified atom stereocenters. The minimum absolute atomic E-state index is 0.203. The van der Waals surface area contributed by atoms with E-state index in [0.29, 0.717) is 0 Å². The normalized spacial score (nSPS) is 12.3. The molecule has 0 aliphatic heterocycles. The quantitative estimate of drug-likeness (QED) is 0.754. The molecular weight excluding hydrogens is 300 g/mol. The SMILES string of the molecule is COc1cccc([C@H](CNc2ncnc3ccccc23)N(C)C)c1. The molecule has 1 N–H and O–H groups in total. The lowest BCUT2D eigenvalue weighted by molar-refractivity contribution is 0.310. The summed E-state index contributed by atoms with van der Waals surface area (Å²) in [6, 6.07) is 16.4. The third-order valence-electron chi connectivity index (χ3n) is 4.11. The molecule has 1 aromatic heterocycles. The molecule has 0 fully saturated rings. The highest BCUT2D eigenvalue weighted by Gasteiger charge is 2.15. The van der Waals surface area contributed by atoms with Gasteiger partial charge in [0.15, 0.2) is 0 Å². The number of benzene rings is 2. The highest BCUT2D eigenvalue weighted by molar-refractivity contribution is 5.88. The number of nitrogens with zero attached hydrogens (tertiary/aromatic N) is 3. The third-order valence-corrected chi connectivity index (χ3v) is 4.11. The molecule has 24 heavy (non-hydrogen) atoms. The predicted octanol–water partition coefficient (Wildman–Crippen LogP) is 3.35. The monoisotopic (exact) mass is 322 g/mol. The Bertz CT molecular complexity index is 814. The first-order chi connectivity index (χ1) is 11.7. The van der Waals surface area contributed by atoms with Crippen LogP contribution in [-0.2, 0) is 0 Å². The van der Waals surface area contributed by atoms with E-state index in [-0.39, 0.29) is 6.04 Å². The summed E-state index contributed by atoms with van der Waals surface area (Å²) in [5, 5.41) is 4.50. The summed E-state index contributed by atoms with van der Waals surface area (Å²) in [6.45, 7) is 0.737. The van der Waals surface area contributed by atoms with Crippen LogP contribution in [0.2, 0.25) is 0 Å². The summed E-state index contributed by atoms with van der Waals surface area (Å²) in [5.74, 6) is 1.72. The fourth-order valence-electron chi connectivity index (χ4n) is 2.79. The number of methoxy groups -OCH3 is 1. The number of hydrogen-bond acceptors (Lipinski definition) is 5. The maximum absolute atomic E-state index is 5.35. The van der Waals surface area contributed by atoms with Crippen LogP contribution in [0.1, 0.15) is 11.6 Å². The molecule has 0 spiro atoms. The van der Waals surface area contributed by atoms with Gasteiger partial charge in [0.2, 0.25) is 0 Å². The topological polar surface area (TPSA) is 50.3 Å². The van der Waals surface area contributed by atoms with Gasteiger partial charge in [0, 0.05) is 11.9 Å². The fourth-order valence-corrected chi connectivity index (χ4v) is 2.79. The van der Waals surface area contributed by atoms with Gasteiger partial charge in [-0.2, -0.15) is 0 Å². The molecule has 0 bridgehead atoms. The number of para-hydroxylation sites is 1. The zero-order chi connectivity index (χ0) is 16.9. The molecule has 1 atom stereocenters. The summed E-state index contributed by atoms with van der Waals surface area (Å²) < 4.78 is 5.35. The van der Waals surface area contributed by atoms with E-state index in [1.54, 1.807) is 13.4 Å². The van der Waals surface area contributed by atoms with Crippen LogP contribution < -0.4 is 10.1 Å². The average molecular weight is 322 g/mol. The zero-order valence-electron chi connectivity index (χ0n) is 14.2. The summed E-state index contributed by atoms with van der Waals surface area (Å²) in [6.07, 6.45) is 1.60. The Labute approximate surface area is 142 Å². The molecule has 0 saturated heterocycles. The standard InChI is InChI=1S/C19H22N4O/c1-23(2)18(14-7-6-8-15(11-14)24-3)12-20-19-16-9-4-5-10-17(16)21-13-22-19/h4-11,13,18H,12H2,1-3H3,(H,20,21,22)/t18-/m0/s1. The highest BCUT2D eigenvalue weighted by atomic mass is 16.5. The van der Waals surface area contributed by atoms with E-state index in [0.717, 1.165) is 29.0 Å². The van der Waals surface area contributed by atoms with Crippen LogP contribution in [0, 0.1) is 0 Å². The van der Waals surface area contributed by atoms with Crippen LogP contribution in [-0.4, -0.2) is 42.6 Å². The Hall–Kier alpha value is -2.66. The van der Waals surface area contributed by atoms with Crippen molar-refractivity contribution in [2.24, 2.45) is 0 Å². The molecule has 0 aliphatic carbocycles. The number of nitrogens with one attached hydrogen (secondary N) is 1. The number of rotatable bonds is 6. The van der Waals surface area contributed by atoms with Crippen molar-refractivity contribution >= 4 is 16.7 Å². The molecule has 5 nitrogen and oxygen atoms in total. The van der Waals surface area contributed by atoms with Crippen molar-refractivity contribution in [3.63, 3.8) is 0 Å². The number of ether oxygens (including phenoxy) is 1. The summed E-state index contributed by atoms with van der Waals surface area (Å²) >= 11 is 0. The maximum atomic E-state index is 5.35. The lowest BCUT2D eigenvalue weighted by Gasteiger charge is -2.26. The van der Waals surface area contributed by atoms with Crippen molar-refractivity contribution in [2.45, 2.75) is 6.04 Å². The average Bonchev–Trinajstić information content (AvgIpc) is 2.62. The van der Waals surface area contributed by atoms with Crippen LogP contribution in [0.15, 0.2) is 54.9 Å². The van der Waals surface area contributed by atoms with Gasteiger partial charge in [-0.15, -0.1) is 0 Å². The molecular formula is C19H22N4O. The second-order valence-electron chi connectivity index (χ2n) is 5.88. The van der Waals surface area contributed by atoms with Gasteiger partial charge in [-0.1, -0.05) is 24.3 Å². The largest absolute Gasteiger partial charge is 0.497 e. The van der Waals surface area contributed by atoms with Crippen molar-refractivity contribution in [2.75, 3.05) is 33.1 Å². The van der Waals surface area contributed by atoms with Crippen molar-refractivity contribution in [1.29, 1.82) is 0 Å². The Morgan fingerprint density at radius 2 is 1.92 bits per heavy atom. The van der Waals surface area contributed by atoms with Crippen molar-refractivity contribution < 1.29 is 4.74 Å². The van der Waals surface area contributed by atoms with Crippen LogP contribution >= 0.6 is 0 Å². The maximum Gasteiger partial charge on any atom is 0.137 e. The molecule has 0 radical (unpaired) electrons. The molecule has 0 saturated carbocycles. The van der Waals surface area contributed by atoms with Gasteiger partial charge in [-0.05, 0) is 43.9 Å². The van der Waals surface area contributed by atoms with E-state index < -0.39 is 0 Å². The van der Waals surface area contributed by atoms with Gasteiger partial charge >= 0.3 is 0 Å². The van der Waals surface area contributed by atoms with Crippen LogP contribution in [0.25, 0.3) is 10.9 Å². The second-order valence-corrected chi connectivity index (χ2v) is 5.88. The summed E-state index contributed by atoms with van der Waals surface area (Å²) in [7, 11) is 5.84. The summed E-state index contributed by atoms with van der Waals surface area (Å²) in [5.41, 5.74) is 2.14. The first-order valence-corrected chi connectivity index (χ1v) is 7.93. The Kier molecular flexibility index (Phi) is 4.91. The molecule has 2 aromatic carbocycles. The van der Waals surface area contributed by atoms with Crippen molar-refractivity contribution in [3.05, 3.63) is 60.4 Å². The lowest BCUT2D eigenvalue weighted by atomic mass is 10.1. The smallest absolute Gasteiger partial charge is 0.137 e. The van der Waals surface area contributed by atoms with Gasteiger partial charge in [0.05, 0.1) is 18.7 Å². The molecule has 0 aliphatic rings. The van der Waals surface area contributed by atoms with Gasteiger partial charge in [-0.3, -0.25) is 0 Å². The van der Waals surface area contributed by atoms with Gasteiger partial charge in [0.25, 0.3) is 0 Å². The number of likely N-dealkylation sites (N-methyl/N-ethyl adjacent to an activating group) is 1. The minimum atomic E-state index is 0.203. The second kappa shape index (κ2) is 7.27. The first kappa shape index (κ1) is 16.2. The molecule has 3 aromatic rings. The third kappa shape index (κ3) is 3.46.